The second-order valence-electron chi connectivity index (χ2n) is 2.63. The molecule has 2 unspecified atom stereocenters. The largest absolute Gasteiger partial charge is 0.386 e. The Morgan fingerprint density at radius 2 is 2.40 bits per heavy atom. The SMILES string of the molecule is C=CC(O)C1CCCCO1. The molecule has 1 heterocycles. The molecule has 1 rings (SSSR count). The molecule has 1 aliphatic rings. The van der Waals surface area contributed by atoms with Crippen LogP contribution in [0.1, 0.15) is 19.3 Å². The molecule has 0 aromatic rings. The molecule has 2 nitrogen and oxygen atoms in total. The maximum Gasteiger partial charge on any atom is 0.0980 e. The van der Waals surface area contributed by atoms with E-state index in [1.165, 1.54) is 6.08 Å². The van der Waals surface area contributed by atoms with E-state index in [1.807, 2.05) is 0 Å². The summed E-state index contributed by atoms with van der Waals surface area (Å²) in [7, 11) is 0. The molecular weight excluding hydrogens is 128 g/mol. The first-order chi connectivity index (χ1) is 4.84. The molecule has 0 aliphatic carbocycles. The Hall–Kier alpha value is -0.340. The molecule has 58 valence electrons. The molecule has 0 radical (unpaired) electrons. The number of rotatable bonds is 2. The van der Waals surface area contributed by atoms with E-state index in [-0.39, 0.29) is 6.10 Å². The van der Waals surface area contributed by atoms with Crippen LogP contribution in [0.2, 0.25) is 0 Å². The van der Waals surface area contributed by atoms with Crippen molar-refractivity contribution in [3.05, 3.63) is 12.7 Å². The summed E-state index contributed by atoms with van der Waals surface area (Å²) in [6, 6.07) is 0. The highest BCUT2D eigenvalue weighted by molar-refractivity contribution is 4.86. The Morgan fingerprint density at radius 3 is 2.90 bits per heavy atom. The molecule has 10 heavy (non-hydrogen) atoms. The van der Waals surface area contributed by atoms with E-state index >= 15 is 0 Å². The number of aliphatic hydroxyl groups is 1. The first-order valence-electron chi connectivity index (χ1n) is 3.77. The maximum absolute atomic E-state index is 9.24. The van der Waals surface area contributed by atoms with E-state index in [0.717, 1.165) is 25.9 Å². The van der Waals surface area contributed by atoms with Gasteiger partial charge in [-0.15, -0.1) is 6.58 Å². The predicted octanol–water partition coefficient (Wildman–Crippen LogP) is 1.10. The lowest BCUT2D eigenvalue weighted by Gasteiger charge is -2.24. The normalized spacial score (nSPS) is 29.5. The van der Waals surface area contributed by atoms with Crippen LogP contribution in [0.25, 0.3) is 0 Å². The number of hydrogen-bond donors (Lipinski definition) is 1. The van der Waals surface area contributed by atoms with Gasteiger partial charge in [0, 0.05) is 6.61 Å². The Labute approximate surface area is 61.5 Å². The van der Waals surface area contributed by atoms with E-state index < -0.39 is 6.10 Å². The Morgan fingerprint density at radius 1 is 1.60 bits per heavy atom. The zero-order valence-corrected chi connectivity index (χ0v) is 6.12. The van der Waals surface area contributed by atoms with Crippen LogP contribution < -0.4 is 0 Å². The molecule has 1 fully saturated rings. The Bertz CT molecular complexity index is 106. The highest BCUT2D eigenvalue weighted by Gasteiger charge is 2.19. The third-order valence-electron chi connectivity index (χ3n) is 1.84. The first kappa shape index (κ1) is 7.76. The van der Waals surface area contributed by atoms with Crippen LogP contribution in [0.4, 0.5) is 0 Å². The second kappa shape index (κ2) is 3.74. The fourth-order valence-electron chi connectivity index (χ4n) is 1.19. The third-order valence-corrected chi connectivity index (χ3v) is 1.84. The molecule has 1 saturated heterocycles. The van der Waals surface area contributed by atoms with Crippen LogP contribution in [0, 0.1) is 0 Å². The van der Waals surface area contributed by atoms with Crippen molar-refractivity contribution in [2.24, 2.45) is 0 Å². The summed E-state index contributed by atoms with van der Waals surface area (Å²) in [6.45, 7) is 4.29. The van der Waals surface area contributed by atoms with Gasteiger partial charge in [-0.2, -0.15) is 0 Å². The predicted molar refractivity (Wildman–Crippen MR) is 39.8 cm³/mol. The molecular formula is C8H14O2. The molecule has 2 heteroatoms. The lowest BCUT2D eigenvalue weighted by molar-refractivity contribution is -0.0440. The highest BCUT2D eigenvalue weighted by atomic mass is 16.5. The average Bonchev–Trinajstić information content (AvgIpc) is 2.05. The zero-order chi connectivity index (χ0) is 7.40. The van der Waals surface area contributed by atoms with Crippen molar-refractivity contribution in [3.63, 3.8) is 0 Å². The number of hydrogen-bond acceptors (Lipinski definition) is 2. The van der Waals surface area contributed by atoms with Gasteiger partial charge in [0.05, 0.1) is 12.2 Å². The lowest BCUT2D eigenvalue weighted by Crippen LogP contribution is -2.30. The second-order valence-corrected chi connectivity index (χ2v) is 2.63. The smallest absolute Gasteiger partial charge is 0.0980 e. The standard InChI is InChI=1S/C8H14O2/c1-2-7(9)8-5-3-4-6-10-8/h2,7-9H,1,3-6H2. The first-order valence-corrected chi connectivity index (χ1v) is 3.77. The minimum absolute atomic E-state index is 0.00579. The van der Waals surface area contributed by atoms with Gasteiger partial charge in [0.1, 0.15) is 0 Å². The molecule has 0 amide bonds. The fourth-order valence-corrected chi connectivity index (χ4v) is 1.19. The fraction of sp³-hybridized carbons (Fsp3) is 0.750. The summed E-state index contributed by atoms with van der Waals surface area (Å²) < 4.78 is 5.31. The summed E-state index contributed by atoms with van der Waals surface area (Å²) in [5.41, 5.74) is 0. The van der Waals surface area contributed by atoms with E-state index in [1.54, 1.807) is 0 Å². The van der Waals surface area contributed by atoms with Gasteiger partial charge in [-0.25, -0.2) is 0 Å². The molecule has 0 spiro atoms. The Kier molecular flexibility index (Phi) is 2.90. The summed E-state index contributed by atoms with van der Waals surface area (Å²) in [5.74, 6) is 0. The van der Waals surface area contributed by atoms with Gasteiger partial charge in [-0.1, -0.05) is 6.08 Å². The average molecular weight is 142 g/mol. The van der Waals surface area contributed by atoms with Crippen LogP contribution in [-0.4, -0.2) is 23.9 Å². The number of aliphatic hydroxyl groups excluding tert-OH is 1. The zero-order valence-electron chi connectivity index (χ0n) is 6.12. The lowest BCUT2D eigenvalue weighted by atomic mass is 10.0. The minimum Gasteiger partial charge on any atom is -0.386 e. The number of ether oxygens (including phenoxy) is 1. The van der Waals surface area contributed by atoms with E-state index in [0.29, 0.717) is 0 Å². The third kappa shape index (κ3) is 1.82. The minimum atomic E-state index is -0.472. The summed E-state index contributed by atoms with van der Waals surface area (Å²) in [6.07, 6.45) is 4.32. The van der Waals surface area contributed by atoms with Crippen molar-refractivity contribution in [2.75, 3.05) is 6.61 Å². The summed E-state index contributed by atoms with van der Waals surface area (Å²) in [4.78, 5) is 0. The van der Waals surface area contributed by atoms with Crippen molar-refractivity contribution in [3.8, 4) is 0 Å². The molecule has 0 aromatic heterocycles. The van der Waals surface area contributed by atoms with Gasteiger partial charge in [0.25, 0.3) is 0 Å². The van der Waals surface area contributed by atoms with Crippen LogP contribution in [0.15, 0.2) is 12.7 Å². The van der Waals surface area contributed by atoms with Crippen molar-refractivity contribution in [1.82, 2.24) is 0 Å². The van der Waals surface area contributed by atoms with E-state index in [9.17, 15) is 5.11 Å². The van der Waals surface area contributed by atoms with Crippen LogP contribution in [0.5, 0.6) is 0 Å². The Balaban J connectivity index is 2.30. The summed E-state index contributed by atoms with van der Waals surface area (Å²) in [5, 5.41) is 9.24. The van der Waals surface area contributed by atoms with E-state index in [2.05, 4.69) is 6.58 Å². The highest BCUT2D eigenvalue weighted by Crippen LogP contribution is 2.15. The van der Waals surface area contributed by atoms with Gasteiger partial charge in [-0.3, -0.25) is 0 Å². The summed E-state index contributed by atoms with van der Waals surface area (Å²) >= 11 is 0. The topological polar surface area (TPSA) is 29.5 Å². The van der Waals surface area contributed by atoms with Crippen LogP contribution in [-0.2, 0) is 4.74 Å². The van der Waals surface area contributed by atoms with E-state index in [4.69, 9.17) is 4.74 Å². The van der Waals surface area contributed by atoms with Gasteiger partial charge >= 0.3 is 0 Å². The van der Waals surface area contributed by atoms with Gasteiger partial charge in [0.2, 0.25) is 0 Å². The maximum atomic E-state index is 9.24. The molecule has 1 N–H and O–H groups in total. The molecule has 0 bridgehead atoms. The quantitative estimate of drug-likeness (QED) is 0.585. The monoisotopic (exact) mass is 142 g/mol. The van der Waals surface area contributed by atoms with Crippen molar-refractivity contribution in [2.45, 2.75) is 31.5 Å². The molecule has 0 aromatic carbocycles. The van der Waals surface area contributed by atoms with Crippen molar-refractivity contribution < 1.29 is 9.84 Å². The molecule has 2 atom stereocenters. The van der Waals surface area contributed by atoms with Gasteiger partial charge in [0.15, 0.2) is 0 Å². The molecule has 1 aliphatic heterocycles. The van der Waals surface area contributed by atoms with Crippen LogP contribution >= 0.6 is 0 Å². The van der Waals surface area contributed by atoms with Gasteiger partial charge < -0.3 is 9.84 Å². The van der Waals surface area contributed by atoms with Crippen molar-refractivity contribution >= 4 is 0 Å². The van der Waals surface area contributed by atoms with Gasteiger partial charge in [-0.05, 0) is 19.3 Å². The molecule has 0 saturated carbocycles. The van der Waals surface area contributed by atoms with Crippen LogP contribution in [0.3, 0.4) is 0 Å². The van der Waals surface area contributed by atoms with Crippen molar-refractivity contribution in [1.29, 1.82) is 0 Å².